The van der Waals surface area contributed by atoms with Gasteiger partial charge in [-0.1, -0.05) is 42.1 Å². The van der Waals surface area contributed by atoms with Crippen LogP contribution in [0.5, 0.6) is 0 Å². The molecule has 0 saturated heterocycles. The van der Waals surface area contributed by atoms with E-state index in [4.69, 9.17) is 5.73 Å². The lowest BCUT2D eigenvalue weighted by Crippen LogP contribution is -2.07. The van der Waals surface area contributed by atoms with Crippen LogP contribution < -0.4 is 5.73 Å². The number of nitrogens with one attached hydrogen (secondary N) is 1. The van der Waals surface area contributed by atoms with E-state index in [9.17, 15) is 4.39 Å². The number of aromatic nitrogens is 1. The molecule has 0 bridgehead atoms. The Morgan fingerprint density at radius 3 is 2.70 bits per heavy atom. The highest BCUT2D eigenvalue weighted by atomic mass is 32.2. The molecule has 0 saturated carbocycles. The molecule has 1 aromatic heterocycles. The van der Waals surface area contributed by atoms with Crippen molar-refractivity contribution >= 4 is 22.7 Å². The Morgan fingerprint density at radius 1 is 1.15 bits per heavy atom. The van der Waals surface area contributed by atoms with E-state index in [2.05, 4.69) is 4.98 Å². The zero-order valence-electron chi connectivity index (χ0n) is 11.1. The Morgan fingerprint density at radius 2 is 1.95 bits per heavy atom. The van der Waals surface area contributed by atoms with Crippen LogP contribution in [0.15, 0.2) is 58.5 Å². The van der Waals surface area contributed by atoms with Crippen molar-refractivity contribution in [3.63, 3.8) is 0 Å². The first-order valence-electron chi connectivity index (χ1n) is 6.45. The van der Waals surface area contributed by atoms with E-state index in [1.165, 1.54) is 17.8 Å². The molecule has 0 amide bonds. The summed E-state index contributed by atoms with van der Waals surface area (Å²) in [6.07, 6.45) is 0. The number of hydrogen-bond donors (Lipinski definition) is 2. The number of hydrogen-bond acceptors (Lipinski definition) is 2. The average molecular weight is 286 g/mol. The fourth-order valence-corrected chi connectivity index (χ4v) is 3.31. The zero-order valence-corrected chi connectivity index (χ0v) is 11.9. The normalized spacial score (nSPS) is 12.8. The first kappa shape index (κ1) is 13.2. The topological polar surface area (TPSA) is 41.8 Å². The van der Waals surface area contributed by atoms with E-state index in [0.717, 1.165) is 21.5 Å². The van der Waals surface area contributed by atoms with E-state index in [1.54, 1.807) is 6.07 Å². The lowest BCUT2D eigenvalue weighted by Gasteiger charge is -2.12. The monoisotopic (exact) mass is 286 g/mol. The Bertz CT molecular complexity index is 716. The lowest BCUT2D eigenvalue weighted by molar-refractivity contribution is 0.591. The largest absolute Gasteiger partial charge is 0.349 e. The van der Waals surface area contributed by atoms with Gasteiger partial charge in [-0.15, -0.1) is 0 Å². The zero-order chi connectivity index (χ0) is 14.1. The number of benzene rings is 2. The van der Waals surface area contributed by atoms with Gasteiger partial charge in [0.2, 0.25) is 0 Å². The quantitative estimate of drug-likeness (QED) is 0.745. The second-order valence-corrected chi connectivity index (χ2v) is 5.82. The third-order valence-corrected chi connectivity index (χ3v) is 4.28. The summed E-state index contributed by atoms with van der Waals surface area (Å²) in [5, 5.41) is 2.03. The maximum atomic E-state index is 14.1. The molecule has 1 heterocycles. The van der Waals surface area contributed by atoms with Gasteiger partial charge in [-0.05, 0) is 30.7 Å². The second-order valence-electron chi connectivity index (χ2n) is 4.77. The van der Waals surface area contributed by atoms with Gasteiger partial charge in [-0.25, -0.2) is 4.39 Å². The molecule has 0 unspecified atom stereocenters. The second kappa shape index (κ2) is 5.31. The highest BCUT2D eigenvalue weighted by molar-refractivity contribution is 7.99. The first-order chi connectivity index (χ1) is 9.65. The van der Waals surface area contributed by atoms with Crippen LogP contribution >= 0.6 is 11.8 Å². The van der Waals surface area contributed by atoms with Crippen molar-refractivity contribution in [2.75, 3.05) is 0 Å². The summed E-state index contributed by atoms with van der Waals surface area (Å²) >= 11 is 1.38. The fourth-order valence-electron chi connectivity index (χ4n) is 2.20. The van der Waals surface area contributed by atoms with Crippen LogP contribution in [0.1, 0.15) is 18.5 Å². The molecule has 0 radical (unpaired) electrons. The summed E-state index contributed by atoms with van der Waals surface area (Å²) in [5.41, 5.74) is 7.80. The summed E-state index contributed by atoms with van der Waals surface area (Å²) in [4.78, 5) is 3.88. The van der Waals surface area contributed by atoms with Crippen molar-refractivity contribution in [1.82, 2.24) is 4.98 Å². The van der Waals surface area contributed by atoms with Gasteiger partial charge in [-0.3, -0.25) is 0 Å². The number of rotatable bonds is 3. The molecule has 0 aliphatic rings. The molecule has 0 spiro atoms. The molecule has 2 aromatic carbocycles. The third-order valence-electron chi connectivity index (χ3n) is 3.21. The molecule has 3 rings (SSSR count). The van der Waals surface area contributed by atoms with Crippen molar-refractivity contribution < 1.29 is 4.39 Å². The van der Waals surface area contributed by atoms with Gasteiger partial charge in [0.25, 0.3) is 0 Å². The van der Waals surface area contributed by atoms with Gasteiger partial charge in [0.15, 0.2) is 0 Å². The summed E-state index contributed by atoms with van der Waals surface area (Å²) in [7, 11) is 0. The molecule has 1 atom stereocenters. The van der Waals surface area contributed by atoms with Gasteiger partial charge < -0.3 is 10.7 Å². The molecule has 2 nitrogen and oxygen atoms in total. The van der Waals surface area contributed by atoms with Gasteiger partial charge >= 0.3 is 0 Å². The van der Waals surface area contributed by atoms with Crippen LogP contribution in [0.3, 0.4) is 0 Å². The number of para-hydroxylation sites is 1. The lowest BCUT2D eigenvalue weighted by atomic mass is 10.1. The average Bonchev–Trinajstić information content (AvgIpc) is 2.83. The number of fused-ring (bicyclic) bond motifs is 1. The van der Waals surface area contributed by atoms with Crippen molar-refractivity contribution in [2.45, 2.75) is 22.9 Å². The molecule has 20 heavy (non-hydrogen) atoms. The van der Waals surface area contributed by atoms with Crippen molar-refractivity contribution in [1.29, 1.82) is 0 Å². The van der Waals surface area contributed by atoms with Crippen LogP contribution in [0.4, 0.5) is 4.39 Å². The molecule has 102 valence electrons. The van der Waals surface area contributed by atoms with Crippen molar-refractivity contribution in [2.24, 2.45) is 5.73 Å². The Hall–Kier alpha value is -1.78. The summed E-state index contributed by atoms with van der Waals surface area (Å²) in [6, 6.07) is 14.9. The van der Waals surface area contributed by atoms with E-state index in [1.807, 2.05) is 43.3 Å². The van der Waals surface area contributed by atoms with Crippen LogP contribution in [0.25, 0.3) is 10.9 Å². The van der Waals surface area contributed by atoms with Gasteiger partial charge in [-0.2, -0.15) is 0 Å². The molecule has 0 aliphatic heterocycles. The number of aromatic amines is 1. The molecular formula is C16H15FN2S. The minimum atomic E-state index is -0.233. The van der Waals surface area contributed by atoms with E-state index in [-0.39, 0.29) is 11.9 Å². The fraction of sp³-hybridized carbons (Fsp3) is 0.125. The van der Waals surface area contributed by atoms with Crippen LogP contribution in [-0.2, 0) is 0 Å². The highest BCUT2D eigenvalue weighted by Gasteiger charge is 2.14. The SMILES string of the molecule is C[C@H](N)c1cccc(F)c1Sc1cc2ccccc2[nH]1. The van der Waals surface area contributed by atoms with Crippen molar-refractivity contribution in [3.05, 3.63) is 59.9 Å². The van der Waals surface area contributed by atoms with Crippen molar-refractivity contribution in [3.8, 4) is 0 Å². The number of H-pyrrole nitrogens is 1. The summed E-state index contributed by atoms with van der Waals surface area (Å²) in [5.74, 6) is -0.233. The Labute approximate surface area is 121 Å². The Balaban J connectivity index is 2.02. The maximum absolute atomic E-state index is 14.1. The minimum absolute atomic E-state index is 0.197. The minimum Gasteiger partial charge on any atom is -0.349 e. The summed E-state index contributed by atoms with van der Waals surface area (Å²) < 4.78 is 14.1. The van der Waals surface area contributed by atoms with Crippen LogP contribution in [0.2, 0.25) is 0 Å². The number of nitrogens with two attached hydrogens (primary N) is 1. The molecule has 4 heteroatoms. The summed E-state index contributed by atoms with van der Waals surface area (Å²) in [6.45, 7) is 1.87. The van der Waals surface area contributed by atoms with Crippen LogP contribution in [0, 0.1) is 5.82 Å². The molecule has 0 fully saturated rings. The molecule has 3 aromatic rings. The third kappa shape index (κ3) is 2.44. The van der Waals surface area contributed by atoms with Gasteiger partial charge in [0.05, 0.1) is 9.92 Å². The van der Waals surface area contributed by atoms with E-state index in [0.29, 0.717) is 4.90 Å². The van der Waals surface area contributed by atoms with Gasteiger partial charge in [0.1, 0.15) is 5.82 Å². The first-order valence-corrected chi connectivity index (χ1v) is 7.26. The van der Waals surface area contributed by atoms with E-state index < -0.39 is 0 Å². The smallest absolute Gasteiger partial charge is 0.137 e. The van der Waals surface area contributed by atoms with Gasteiger partial charge in [0, 0.05) is 16.9 Å². The highest BCUT2D eigenvalue weighted by Crippen LogP contribution is 2.35. The standard InChI is InChI=1S/C16H15FN2S/c1-10(18)12-6-4-7-13(17)16(12)20-15-9-11-5-2-3-8-14(11)19-15/h2-10,19H,18H2,1H3/t10-/m0/s1. The maximum Gasteiger partial charge on any atom is 0.137 e. The molecule has 3 N–H and O–H groups in total. The number of halogens is 1. The van der Waals surface area contributed by atoms with Crippen LogP contribution in [-0.4, -0.2) is 4.98 Å². The van der Waals surface area contributed by atoms with E-state index >= 15 is 0 Å². The molecule has 0 aliphatic carbocycles. The predicted molar refractivity (Wildman–Crippen MR) is 81.4 cm³/mol. The predicted octanol–water partition coefficient (Wildman–Crippen LogP) is 4.48. The Kier molecular flexibility index (Phi) is 3.51. The molecular weight excluding hydrogens is 271 g/mol.